The SMILES string of the molecule is CC(C)C[C@H](C)OC(=O)[C@H]1CC(=O)N([C@H]2CCS(=O)(=O)C2)C1. The molecule has 7 heteroatoms. The molecule has 2 aliphatic rings. The van der Waals surface area contributed by atoms with Crippen LogP contribution < -0.4 is 0 Å². The van der Waals surface area contributed by atoms with Crippen LogP contribution in [0, 0.1) is 11.8 Å². The number of hydrogen-bond donors (Lipinski definition) is 0. The third-order valence-corrected chi connectivity index (χ3v) is 6.01. The Balaban J connectivity index is 1.90. The Hall–Kier alpha value is -1.11. The molecule has 0 saturated carbocycles. The van der Waals surface area contributed by atoms with E-state index in [1.165, 1.54) is 0 Å². The molecular weight excluding hydrogens is 306 g/mol. The zero-order chi connectivity index (χ0) is 16.5. The van der Waals surface area contributed by atoms with Crippen LogP contribution in [0.4, 0.5) is 0 Å². The molecule has 0 aromatic rings. The summed E-state index contributed by atoms with van der Waals surface area (Å²) in [5, 5.41) is 0. The van der Waals surface area contributed by atoms with Crippen molar-refractivity contribution < 1.29 is 22.7 Å². The highest BCUT2D eigenvalue weighted by molar-refractivity contribution is 7.91. The highest BCUT2D eigenvalue weighted by Gasteiger charge is 2.42. The second-order valence-corrected chi connectivity index (χ2v) is 9.11. The van der Waals surface area contributed by atoms with E-state index in [2.05, 4.69) is 13.8 Å². The zero-order valence-electron chi connectivity index (χ0n) is 13.4. The molecule has 6 nitrogen and oxygen atoms in total. The van der Waals surface area contributed by atoms with Gasteiger partial charge in [0.1, 0.15) is 0 Å². The molecule has 0 radical (unpaired) electrons. The van der Waals surface area contributed by atoms with E-state index in [1.807, 2.05) is 6.92 Å². The van der Waals surface area contributed by atoms with Gasteiger partial charge in [-0.15, -0.1) is 0 Å². The van der Waals surface area contributed by atoms with Crippen molar-refractivity contribution in [2.45, 2.75) is 52.2 Å². The lowest BCUT2D eigenvalue weighted by molar-refractivity contribution is -0.153. The van der Waals surface area contributed by atoms with E-state index in [4.69, 9.17) is 4.74 Å². The number of hydrogen-bond acceptors (Lipinski definition) is 5. The molecule has 0 aromatic carbocycles. The van der Waals surface area contributed by atoms with E-state index in [0.29, 0.717) is 12.3 Å². The van der Waals surface area contributed by atoms with Gasteiger partial charge in [-0.1, -0.05) is 13.8 Å². The van der Waals surface area contributed by atoms with Crippen LogP contribution >= 0.6 is 0 Å². The Morgan fingerprint density at radius 2 is 2.05 bits per heavy atom. The molecular formula is C15H25NO5S. The first-order valence-corrected chi connectivity index (χ1v) is 9.70. The maximum Gasteiger partial charge on any atom is 0.311 e. The summed E-state index contributed by atoms with van der Waals surface area (Å²) < 4.78 is 28.5. The molecule has 126 valence electrons. The molecule has 2 fully saturated rings. The lowest BCUT2D eigenvalue weighted by atomic mass is 10.1. The highest BCUT2D eigenvalue weighted by Crippen LogP contribution is 2.27. The topological polar surface area (TPSA) is 80.8 Å². The Morgan fingerprint density at radius 3 is 2.59 bits per heavy atom. The van der Waals surface area contributed by atoms with Crippen molar-refractivity contribution >= 4 is 21.7 Å². The Bertz CT molecular complexity index is 542. The lowest BCUT2D eigenvalue weighted by Gasteiger charge is -2.23. The molecule has 0 unspecified atom stereocenters. The molecule has 22 heavy (non-hydrogen) atoms. The van der Waals surface area contributed by atoms with Crippen LogP contribution in [0.3, 0.4) is 0 Å². The maximum atomic E-state index is 12.2. The smallest absolute Gasteiger partial charge is 0.311 e. The number of nitrogens with zero attached hydrogens (tertiary/aromatic N) is 1. The van der Waals surface area contributed by atoms with Gasteiger partial charge in [0.25, 0.3) is 0 Å². The van der Waals surface area contributed by atoms with Crippen LogP contribution in [0.25, 0.3) is 0 Å². The number of ether oxygens (including phenoxy) is 1. The van der Waals surface area contributed by atoms with Crippen molar-refractivity contribution in [3.63, 3.8) is 0 Å². The van der Waals surface area contributed by atoms with Gasteiger partial charge in [-0.25, -0.2) is 8.42 Å². The highest BCUT2D eigenvalue weighted by atomic mass is 32.2. The number of carbonyl (C=O) groups excluding carboxylic acids is 2. The van der Waals surface area contributed by atoms with Crippen LogP contribution in [0.15, 0.2) is 0 Å². The van der Waals surface area contributed by atoms with E-state index in [-0.39, 0.29) is 48.5 Å². The average Bonchev–Trinajstić information content (AvgIpc) is 2.91. The predicted molar refractivity (Wildman–Crippen MR) is 81.9 cm³/mol. The Kier molecular flexibility index (Phi) is 5.14. The van der Waals surface area contributed by atoms with E-state index in [9.17, 15) is 18.0 Å². The molecule has 2 saturated heterocycles. The van der Waals surface area contributed by atoms with Gasteiger partial charge in [0, 0.05) is 19.0 Å². The van der Waals surface area contributed by atoms with Gasteiger partial charge in [-0.2, -0.15) is 0 Å². The number of carbonyl (C=O) groups is 2. The van der Waals surface area contributed by atoms with E-state index >= 15 is 0 Å². The molecule has 2 aliphatic heterocycles. The largest absolute Gasteiger partial charge is 0.462 e. The number of sulfone groups is 1. The van der Waals surface area contributed by atoms with Gasteiger partial charge in [-0.3, -0.25) is 9.59 Å². The summed E-state index contributed by atoms with van der Waals surface area (Å²) in [7, 11) is -3.04. The lowest BCUT2D eigenvalue weighted by Crippen LogP contribution is -2.38. The van der Waals surface area contributed by atoms with Gasteiger partial charge < -0.3 is 9.64 Å². The van der Waals surface area contributed by atoms with Crippen molar-refractivity contribution in [3.05, 3.63) is 0 Å². The fourth-order valence-electron chi connectivity index (χ4n) is 3.27. The third kappa shape index (κ3) is 4.21. The van der Waals surface area contributed by atoms with Crippen molar-refractivity contribution in [2.75, 3.05) is 18.1 Å². The van der Waals surface area contributed by atoms with Crippen LogP contribution in [-0.2, 0) is 24.2 Å². The van der Waals surface area contributed by atoms with Crippen LogP contribution in [-0.4, -0.2) is 55.4 Å². The molecule has 0 N–H and O–H groups in total. The fourth-order valence-corrected chi connectivity index (χ4v) is 5.00. The number of esters is 1. The Labute approximate surface area is 132 Å². The summed E-state index contributed by atoms with van der Waals surface area (Å²) in [5.74, 6) is -0.365. The normalized spacial score (nSPS) is 29.1. The molecule has 0 aromatic heterocycles. The van der Waals surface area contributed by atoms with Crippen molar-refractivity contribution in [2.24, 2.45) is 11.8 Å². The minimum atomic E-state index is -3.04. The third-order valence-electron chi connectivity index (χ3n) is 4.26. The van der Waals surface area contributed by atoms with Gasteiger partial charge >= 0.3 is 5.97 Å². The summed E-state index contributed by atoms with van der Waals surface area (Å²) in [5.41, 5.74) is 0. The number of amides is 1. The first kappa shape index (κ1) is 17.2. The summed E-state index contributed by atoms with van der Waals surface area (Å²) in [4.78, 5) is 25.8. The predicted octanol–water partition coefficient (Wildman–Crippen LogP) is 1.000. The van der Waals surface area contributed by atoms with Crippen LogP contribution in [0.5, 0.6) is 0 Å². The number of likely N-dealkylation sites (tertiary alicyclic amines) is 1. The zero-order valence-corrected chi connectivity index (χ0v) is 14.3. The molecule has 0 bridgehead atoms. The minimum Gasteiger partial charge on any atom is -0.462 e. The summed E-state index contributed by atoms with van der Waals surface area (Å²) in [6.45, 7) is 6.26. The molecule has 1 amide bonds. The molecule has 2 rings (SSSR count). The molecule has 2 heterocycles. The number of rotatable bonds is 5. The van der Waals surface area contributed by atoms with E-state index < -0.39 is 15.8 Å². The van der Waals surface area contributed by atoms with Crippen LogP contribution in [0.1, 0.15) is 40.0 Å². The second-order valence-electron chi connectivity index (χ2n) is 6.88. The standard InChI is InChI=1S/C15H25NO5S/c1-10(2)6-11(3)21-15(18)12-7-14(17)16(8-12)13-4-5-22(19,20)9-13/h10-13H,4-9H2,1-3H3/t11-,12-,13-/m0/s1. The summed E-state index contributed by atoms with van der Waals surface area (Å²) in [6.07, 6.45) is 1.23. The Morgan fingerprint density at radius 1 is 1.36 bits per heavy atom. The fraction of sp³-hybridized carbons (Fsp3) is 0.867. The molecule has 3 atom stereocenters. The molecule has 0 aliphatic carbocycles. The van der Waals surface area contributed by atoms with E-state index in [1.54, 1.807) is 4.90 Å². The van der Waals surface area contributed by atoms with Crippen molar-refractivity contribution in [1.29, 1.82) is 0 Å². The van der Waals surface area contributed by atoms with Gasteiger partial charge in [0.2, 0.25) is 5.91 Å². The minimum absolute atomic E-state index is 0.0181. The monoisotopic (exact) mass is 331 g/mol. The van der Waals surface area contributed by atoms with Crippen molar-refractivity contribution in [1.82, 2.24) is 4.90 Å². The second kappa shape index (κ2) is 6.56. The van der Waals surface area contributed by atoms with Gasteiger partial charge in [0.15, 0.2) is 9.84 Å². The van der Waals surface area contributed by atoms with Crippen LogP contribution in [0.2, 0.25) is 0 Å². The first-order chi connectivity index (χ1) is 10.2. The van der Waals surface area contributed by atoms with Crippen molar-refractivity contribution in [3.8, 4) is 0 Å². The maximum absolute atomic E-state index is 12.2. The summed E-state index contributed by atoms with van der Waals surface area (Å²) >= 11 is 0. The first-order valence-electron chi connectivity index (χ1n) is 7.88. The summed E-state index contributed by atoms with van der Waals surface area (Å²) in [6, 6.07) is -0.275. The van der Waals surface area contributed by atoms with Gasteiger partial charge in [0.05, 0.1) is 23.5 Å². The quantitative estimate of drug-likeness (QED) is 0.702. The average molecular weight is 331 g/mol. The molecule has 0 spiro atoms. The van der Waals surface area contributed by atoms with Gasteiger partial charge in [-0.05, 0) is 25.7 Å². The van der Waals surface area contributed by atoms with E-state index in [0.717, 1.165) is 6.42 Å².